The van der Waals surface area contributed by atoms with Crippen molar-refractivity contribution in [2.24, 2.45) is 0 Å². The highest BCUT2D eigenvalue weighted by molar-refractivity contribution is 7.82. The Morgan fingerprint density at radius 1 is 1.55 bits per heavy atom. The molecule has 0 amide bonds. The van der Waals surface area contributed by atoms with Gasteiger partial charge in [0.2, 0.25) is 0 Å². The monoisotopic (exact) mass is 184 g/mol. The molecule has 2 radical (unpaired) electrons. The smallest absolute Gasteiger partial charge is 0.0262 e. The normalized spacial score (nSPS) is 15.3. The molecule has 0 fully saturated rings. The lowest BCUT2D eigenvalue weighted by molar-refractivity contribution is 0.762. The molecule has 1 unspecified atom stereocenters. The Morgan fingerprint density at radius 2 is 2.09 bits per heavy atom. The molecular weight excluding hydrogens is 168 g/mol. The summed E-state index contributed by atoms with van der Waals surface area (Å²) in [5, 5.41) is 0. The third-order valence-corrected chi connectivity index (χ3v) is 2.75. The van der Waals surface area contributed by atoms with Crippen molar-refractivity contribution in [1.29, 1.82) is 0 Å². The van der Waals surface area contributed by atoms with Gasteiger partial charge in [0, 0.05) is 14.6 Å². The van der Waals surface area contributed by atoms with Crippen LogP contribution in [0, 0.1) is 0 Å². The highest BCUT2D eigenvalue weighted by Crippen LogP contribution is 2.17. The lowest BCUT2D eigenvalue weighted by atomic mass is 10.1. The van der Waals surface area contributed by atoms with Crippen LogP contribution in [0.1, 0.15) is 33.6 Å². The highest BCUT2D eigenvalue weighted by atomic mass is 32.1. The fraction of sp³-hybridized carbons (Fsp3) is 0.667. The largest absolute Gasteiger partial charge is 0.169 e. The lowest BCUT2D eigenvalue weighted by Gasteiger charge is -2.16. The first-order valence-electron chi connectivity index (χ1n) is 3.85. The first kappa shape index (κ1) is 11.2. The molecule has 0 N–H and O–H groups in total. The topological polar surface area (TPSA) is 0 Å². The van der Waals surface area contributed by atoms with Crippen LogP contribution in [0.5, 0.6) is 0 Å². The first-order valence-corrected chi connectivity index (χ1v) is 4.88. The van der Waals surface area contributed by atoms with E-state index in [0.717, 1.165) is 12.8 Å². The number of hydrogen-bond donors (Lipinski definition) is 1. The Morgan fingerprint density at radius 3 is 2.45 bits per heavy atom. The second-order valence-electron chi connectivity index (χ2n) is 3.32. The van der Waals surface area contributed by atoms with Crippen molar-refractivity contribution in [2.75, 3.05) is 0 Å². The summed E-state index contributed by atoms with van der Waals surface area (Å²) < 4.78 is 0.0167. The lowest BCUT2D eigenvalue weighted by Crippen LogP contribution is -2.17. The van der Waals surface area contributed by atoms with Gasteiger partial charge in [0.25, 0.3) is 0 Å². The molecule has 0 heterocycles. The zero-order valence-electron chi connectivity index (χ0n) is 7.52. The molecule has 0 rings (SSSR count). The predicted octanol–water partition coefficient (Wildman–Crippen LogP) is 2.39. The standard InChI is InChI=1S/C9H16SSi/c1-8(2)5-4-6-9(3,10)7-11/h5,7,10H,4,6H2,1-3H3. The zero-order chi connectivity index (χ0) is 8.91. The molecule has 0 spiro atoms. The summed E-state index contributed by atoms with van der Waals surface area (Å²) in [6, 6.07) is 0. The maximum Gasteiger partial charge on any atom is 0.0262 e. The van der Waals surface area contributed by atoms with Gasteiger partial charge in [-0.25, -0.2) is 0 Å². The zero-order valence-corrected chi connectivity index (χ0v) is 9.41. The summed E-state index contributed by atoms with van der Waals surface area (Å²) >= 11 is 4.46. The minimum Gasteiger partial charge on any atom is -0.169 e. The Hall–Kier alpha value is 0.177. The molecular formula is C9H16SSi. The van der Waals surface area contributed by atoms with E-state index in [0.29, 0.717) is 0 Å². The van der Waals surface area contributed by atoms with Crippen LogP contribution in [0.25, 0.3) is 0 Å². The second-order valence-corrected chi connectivity index (χ2v) is 4.63. The summed E-state index contributed by atoms with van der Waals surface area (Å²) in [6.07, 6.45) is 4.41. The molecule has 0 nitrogen and oxygen atoms in total. The van der Waals surface area contributed by atoms with E-state index >= 15 is 0 Å². The molecule has 1 atom stereocenters. The molecule has 0 saturated carbocycles. The SMILES string of the molecule is CC(C)=CCCC(C)(S)C=[Si]. The van der Waals surface area contributed by atoms with Gasteiger partial charge in [0.1, 0.15) is 0 Å². The van der Waals surface area contributed by atoms with Crippen LogP contribution < -0.4 is 0 Å². The van der Waals surface area contributed by atoms with Crippen LogP contribution in [0.4, 0.5) is 0 Å². The van der Waals surface area contributed by atoms with E-state index in [1.54, 1.807) is 0 Å². The molecule has 62 valence electrons. The third kappa shape index (κ3) is 6.57. The van der Waals surface area contributed by atoms with E-state index in [4.69, 9.17) is 0 Å². The van der Waals surface area contributed by atoms with E-state index in [-0.39, 0.29) is 4.75 Å². The van der Waals surface area contributed by atoms with Gasteiger partial charge >= 0.3 is 0 Å². The van der Waals surface area contributed by atoms with Gasteiger partial charge in [0.15, 0.2) is 0 Å². The van der Waals surface area contributed by atoms with Gasteiger partial charge in [0.05, 0.1) is 0 Å². The summed E-state index contributed by atoms with van der Waals surface area (Å²) in [5.41, 5.74) is 3.33. The molecule has 0 saturated heterocycles. The van der Waals surface area contributed by atoms with Gasteiger partial charge in [-0.1, -0.05) is 17.3 Å². The molecule has 0 aliphatic carbocycles. The summed E-state index contributed by atoms with van der Waals surface area (Å²) in [5.74, 6) is 0. The van der Waals surface area contributed by atoms with Gasteiger partial charge in [-0.2, -0.15) is 12.6 Å². The van der Waals surface area contributed by atoms with Crippen molar-refractivity contribution < 1.29 is 0 Å². The van der Waals surface area contributed by atoms with Gasteiger partial charge in [-0.3, -0.25) is 0 Å². The molecule has 0 aliphatic rings. The summed E-state index contributed by atoms with van der Waals surface area (Å²) in [4.78, 5) is 0. The van der Waals surface area contributed by atoms with E-state index in [1.807, 2.05) is 5.67 Å². The molecule has 2 heteroatoms. The number of thiol groups is 1. The van der Waals surface area contributed by atoms with Gasteiger partial charge in [-0.15, -0.1) is 0 Å². The van der Waals surface area contributed by atoms with Crippen molar-refractivity contribution in [2.45, 2.75) is 38.4 Å². The van der Waals surface area contributed by atoms with Crippen molar-refractivity contribution in [3.63, 3.8) is 0 Å². The number of hydrogen-bond acceptors (Lipinski definition) is 1. The van der Waals surface area contributed by atoms with Gasteiger partial charge in [-0.05, 0) is 33.6 Å². The van der Waals surface area contributed by atoms with Crippen molar-refractivity contribution in [1.82, 2.24) is 0 Å². The molecule has 0 aliphatic heterocycles. The minimum atomic E-state index is 0.0167. The van der Waals surface area contributed by atoms with Crippen LogP contribution in [0.3, 0.4) is 0 Å². The fourth-order valence-corrected chi connectivity index (χ4v) is 0.999. The first-order chi connectivity index (χ1) is 4.98. The molecule has 0 bridgehead atoms. The van der Waals surface area contributed by atoms with E-state index < -0.39 is 0 Å². The van der Waals surface area contributed by atoms with E-state index in [9.17, 15) is 0 Å². The Bertz CT molecular complexity index is 155. The van der Waals surface area contributed by atoms with Crippen LogP contribution in [0.15, 0.2) is 11.6 Å². The van der Waals surface area contributed by atoms with Crippen molar-refractivity contribution in [3.8, 4) is 0 Å². The minimum absolute atomic E-state index is 0.0167. The van der Waals surface area contributed by atoms with Crippen LogP contribution in [-0.2, 0) is 0 Å². The average Bonchev–Trinajstić information content (AvgIpc) is 1.87. The molecule has 0 aromatic carbocycles. The maximum atomic E-state index is 4.46. The second kappa shape index (κ2) is 4.94. The molecule has 0 aromatic rings. The fourth-order valence-electron chi connectivity index (χ4n) is 0.725. The Balaban J connectivity index is 3.71. The van der Waals surface area contributed by atoms with Crippen LogP contribution in [0.2, 0.25) is 0 Å². The quantitative estimate of drug-likeness (QED) is 0.387. The maximum absolute atomic E-state index is 4.46. The Labute approximate surface area is 78.5 Å². The summed E-state index contributed by atoms with van der Waals surface area (Å²) in [6.45, 7) is 6.34. The summed E-state index contributed by atoms with van der Waals surface area (Å²) in [7, 11) is 3.36. The molecule has 0 aromatic heterocycles. The Kier molecular flexibility index (Phi) is 5.02. The van der Waals surface area contributed by atoms with Crippen molar-refractivity contribution >= 4 is 28.2 Å². The van der Waals surface area contributed by atoms with E-state index in [1.165, 1.54) is 5.57 Å². The number of rotatable bonds is 4. The van der Waals surface area contributed by atoms with Crippen LogP contribution in [-0.4, -0.2) is 20.3 Å². The third-order valence-electron chi connectivity index (χ3n) is 1.51. The van der Waals surface area contributed by atoms with Crippen molar-refractivity contribution in [3.05, 3.63) is 11.6 Å². The van der Waals surface area contributed by atoms with Gasteiger partial charge < -0.3 is 0 Å². The predicted molar refractivity (Wildman–Crippen MR) is 57.9 cm³/mol. The van der Waals surface area contributed by atoms with E-state index in [2.05, 4.69) is 49.3 Å². The number of allylic oxidation sites excluding steroid dienone is 2. The van der Waals surface area contributed by atoms with Crippen LogP contribution >= 0.6 is 12.6 Å². The highest BCUT2D eigenvalue weighted by Gasteiger charge is 2.11. The molecule has 11 heavy (non-hydrogen) atoms. The average molecular weight is 184 g/mol.